The van der Waals surface area contributed by atoms with Gasteiger partial charge in [-0.3, -0.25) is 9.69 Å². The third-order valence-electron chi connectivity index (χ3n) is 6.15. The number of rotatable bonds is 7. The number of benzene rings is 2. The number of methoxy groups -OCH3 is 2. The molecule has 5 nitrogen and oxygen atoms in total. The Balaban J connectivity index is 1.69. The maximum atomic E-state index is 14.4. The molecule has 0 bridgehead atoms. The second-order valence-corrected chi connectivity index (χ2v) is 8.23. The molecule has 160 valence electrons. The summed E-state index contributed by atoms with van der Waals surface area (Å²) in [7, 11) is 3.25. The molecular formula is C24H29FN2O3. The Morgan fingerprint density at radius 2 is 1.90 bits per heavy atom. The Kier molecular flexibility index (Phi) is 5.95. The van der Waals surface area contributed by atoms with E-state index in [0.717, 1.165) is 31.4 Å². The number of fused-ring (bicyclic) bond motifs is 1. The number of ether oxygens (including phenoxy) is 2. The van der Waals surface area contributed by atoms with Crippen LogP contribution >= 0.6 is 0 Å². The summed E-state index contributed by atoms with van der Waals surface area (Å²) < 4.78 is 25.4. The number of amides is 1. The zero-order chi connectivity index (χ0) is 21.3. The molecule has 0 spiro atoms. The van der Waals surface area contributed by atoms with E-state index in [0.29, 0.717) is 23.6 Å². The first-order chi connectivity index (χ1) is 14.5. The highest BCUT2D eigenvalue weighted by atomic mass is 19.1. The fourth-order valence-corrected chi connectivity index (χ4v) is 4.40. The van der Waals surface area contributed by atoms with E-state index in [1.165, 1.54) is 11.6 Å². The van der Waals surface area contributed by atoms with Gasteiger partial charge in [0.1, 0.15) is 5.82 Å². The Hall–Kier alpha value is -2.60. The molecule has 1 amide bonds. The molecule has 2 unspecified atom stereocenters. The van der Waals surface area contributed by atoms with Crippen LogP contribution in [0.4, 0.5) is 4.39 Å². The van der Waals surface area contributed by atoms with E-state index in [4.69, 9.17) is 9.47 Å². The molecule has 4 rings (SSSR count). The Bertz CT molecular complexity index is 929. The Labute approximate surface area is 177 Å². The first-order valence-electron chi connectivity index (χ1n) is 10.5. The monoisotopic (exact) mass is 412 g/mol. The van der Waals surface area contributed by atoms with Gasteiger partial charge in [-0.05, 0) is 55.5 Å². The van der Waals surface area contributed by atoms with Crippen molar-refractivity contribution >= 4 is 5.91 Å². The predicted molar refractivity (Wildman–Crippen MR) is 113 cm³/mol. The summed E-state index contributed by atoms with van der Waals surface area (Å²) in [4.78, 5) is 14.7. The van der Waals surface area contributed by atoms with Crippen molar-refractivity contribution in [3.8, 4) is 11.5 Å². The van der Waals surface area contributed by atoms with Gasteiger partial charge in [-0.1, -0.05) is 18.2 Å². The van der Waals surface area contributed by atoms with Crippen LogP contribution in [0.1, 0.15) is 42.5 Å². The van der Waals surface area contributed by atoms with Crippen LogP contribution in [-0.4, -0.2) is 37.6 Å². The van der Waals surface area contributed by atoms with Crippen LogP contribution in [0.3, 0.4) is 0 Å². The third-order valence-corrected chi connectivity index (χ3v) is 6.15. The average Bonchev–Trinajstić information content (AvgIpc) is 3.59. The van der Waals surface area contributed by atoms with Crippen LogP contribution in [0.5, 0.6) is 11.5 Å². The van der Waals surface area contributed by atoms with Gasteiger partial charge >= 0.3 is 0 Å². The number of carbonyl (C=O) groups is 1. The topological polar surface area (TPSA) is 50.8 Å². The fraction of sp³-hybridized carbons (Fsp3) is 0.458. The third kappa shape index (κ3) is 4.15. The van der Waals surface area contributed by atoms with Crippen molar-refractivity contribution in [3.63, 3.8) is 0 Å². The highest BCUT2D eigenvalue weighted by Crippen LogP contribution is 2.40. The fourth-order valence-electron chi connectivity index (χ4n) is 4.40. The summed E-state index contributed by atoms with van der Waals surface area (Å²) in [6.45, 7) is 3.28. The van der Waals surface area contributed by atoms with Gasteiger partial charge in [0.05, 0.1) is 20.3 Å². The molecule has 1 fully saturated rings. The van der Waals surface area contributed by atoms with Crippen molar-refractivity contribution in [3.05, 3.63) is 58.9 Å². The molecule has 1 heterocycles. The van der Waals surface area contributed by atoms with Crippen LogP contribution < -0.4 is 14.8 Å². The van der Waals surface area contributed by atoms with Crippen LogP contribution in [-0.2, 0) is 17.8 Å². The highest BCUT2D eigenvalue weighted by molar-refractivity contribution is 5.81. The summed E-state index contributed by atoms with van der Waals surface area (Å²) in [5.74, 6) is 1.41. The molecule has 1 N–H and O–H groups in total. The van der Waals surface area contributed by atoms with Crippen molar-refractivity contribution in [1.82, 2.24) is 10.2 Å². The van der Waals surface area contributed by atoms with Crippen molar-refractivity contribution in [2.75, 3.05) is 20.8 Å². The van der Waals surface area contributed by atoms with E-state index in [2.05, 4.69) is 10.2 Å². The van der Waals surface area contributed by atoms with E-state index in [1.807, 2.05) is 31.2 Å². The maximum Gasteiger partial charge on any atom is 0.223 e. The van der Waals surface area contributed by atoms with E-state index in [-0.39, 0.29) is 29.7 Å². The number of hydrogen-bond donors (Lipinski definition) is 1. The smallest absolute Gasteiger partial charge is 0.223 e. The molecule has 2 aromatic carbocycles. The molecule has 1 aliphatic heterocycles. The van der Waals surface area contributed by atoms with Crippen LogP contribution in [0.15, 0.2) is 36.4 Å². The lowest BCUT2D eigenvalue weighted by Crippen LogP contribution is -2.47. The number of nitrogens with zero attached hydrogens (tertiary/aromatic N) is 1. The van der Waals surface area contributed by atoms with Crippen molar-refractivity contribution in [2.45, 2.75) is 44.8 Å². The molecule has 0 aromatic heterocycles. The molecule has 6 heteroatoms. The zero-order valence-corrected chi connectivity index (χ0v) is 17.8. The molecule has 1 aliphatic carbocycles. The zero-order valence-electron chi connectivity index (χ0n) is 17.8. The Morgan fingerprint density at radius 3 is 2.57 bits per heavy atom. The summed E-state index contributed by atoms with van der Waals surface area (Å²) in [5.41, 5.74) is 2.93. The van der Waals surface area contributed by atoms with Crippen LogP contribution in [0.25, 0.3) is 0 Å². The van der Waals surface area contributed by atoms with Gasteiger partial charge in [-0.15, -0.1) is 0 Å². The minimum absolute atomic E-state index is 0.0872. The van der Waals surface area contributed by atoms with Crippen molar-refractivity contribution < 1.29 is 18.7 Å². The van der Waals surface area contributed by atoms with Crippen LogP contribution in [0, 0.1) is 11.7 Å². The van der Waals surface area contributed by atoms with E-state index in [9.17, 15) is 9.18 Å². The van der Waals surface area contributed by atoms with Gasteiger partial charge in [-0.2, -0.15) is 0 Å². The molecule has 0 radical (unpaired) electrons. The molecule has 0 saturated heterocycles. The van der Waals surface area contributed by atoms with Gasteiger partial charge in [0.2, 0.25) is 5.91 Å². The summed E-state index contributed by atoms with van der Waals surface area (Å²) >= 11 is 0. The van der Waals surface area contributed by atoms with Crippen molar-refractivity contribution in [1.29, 1.82) is 0 Å². The maximum absolute atomic E-state index is 14.4. The second-order valence-electron chi connectivity index (χ2n) is 8.23. The predicted octanol–water partition coefficient (Wildman–Crippen LogP) is 3.86. The minimum Gasteiger partial charge on any atom is -0.493 e. The lowest BCUT2D eigenvalue weighted by atomic mass is 9.87. The summed E-state index contributed by atoms with van der Waals surface area (Å²) in [6, 6.07) is 10.7. The van der Waals surface area contributed by atoms with Gasteiger partial charge in [-0.25, -0.2) is 4.39 Å². The van der Waals surface area contributed by atoms with Gasteiger partial charge in [0, 0.05) is 30.6 Å². The average molecular weight is 413 g/mol. The van der Waals surface area contributed by atoms with Crippen LogP contribution in [0.2, 0.25) is 0 Å². The van der Waals surface area contributed by atoms with Gasteiger partial charge in [0.25, 0.3) is 0 Å². The number of hydrogen-bond acceptors (Lipinski definition) is 4. The highest BCUT2D eigenvalue weighted by Gasteiger charge is 2.36. The number of halogens is 1. The first kappa shape index (κ1) is 20.7. The molecule has 1 saturated carbocycles. The van der Waals surface area contributed by atoms with Gasteiger partial charge < -0.3 is 14.8 Å². The minimum atomic E-state index is -0.205. The SMILES string of the molecule is COc1cc2c(cc1OC)C(C(C)NC(=O)C1CC1)N(Cc1ccccc1F)CC2. The Morgan fingerprint density at radius 1 is 1.20 bits per heavy atom. The second kappa shape index (κ2) is 8.64. The number of nitrogens with one attached hydrogen (secondary N) is 1. The molecule has 2 aromatic rings. The lowest BCUT2D eigenvalue weighted by molar-refractivity contribution is -0.123. The van der Waals surface area contributed by atoms with Gasteiger partial charge in [0.15, 0.2) is 11.5 Å². The normalized spacial score (nSPS) is 19.7. The van der Waals surface area contributed by atoms with Crippen molar-refractivity contribution in [2.24, 2.45) is 5.92 Å². The quantitative estimate of drug-likeness (QED) is 0.750. The van der Waals surface area contributed by atoms with E-state index < -0.39 is 0 Å². The molecule has 2 atom stereocenters. The van der Waals surface area contributed by atoms with E-state index in [1.54, 1.807) is 20.3 Å². The molecule has 2 aliphatic rings. The van der Waals surface area contributed by atoms with E-state index >= 15 is 0 Å². The first-order valence-corrected chi connectivity index (χ1v) is 10.5. The number of carbonyl (C=O) groups excluding carboxylic acids is 1. The molecule has 30 heavy (non-hydrogen) atoms. The largest absolute Gasteiger partial charge is 0.493 e. The standard InChI is InChI=1S/C24H29FN2O3/c1-15(26-24(28)16-8-9-16)23-19-13-22(30-3)21(29-2)12-17(19)10-11-27(23)14-18-6-4-5-7-20(18)25/h4-7,12-13,15-16,23H,8-11,14H2,1-3H3,(H,26,28). The summed E-state index contributed by atoms with van der Waals surface area (Å²) in [6.07, 6.45) is 2.75. The molecular weight excluding hydrogens is 383 g/mol. The summed E-state index contributed by atoms with van der Waals surface area (Å²) in [5, 5.41) is 3.20. The lowest BCUT2D eigenvalue weighted by Gasteiger charge is -2.41.